The zero-order chi connectivity index (χ0) is 26.6. The molecule has 13 heteroatoms. The minimum Gasteiger partial charge on any atom is -0.411 e. The topological polar surface area (TPSA) is 129 Å². The summed E-state index contributed by atoms with van der Waals surface area (Å²) in [5, 5.41) is 3.96. The van der Waals surface area contributed by atoms with Crippen LogP contribution in [-0.2, 0) is 32.6 Å². The molecule has 0 unspecified atom stereocenters. The van der Waals surface area contributed by atoms with Crippen LogP contribution in [0.1, 0.15) is 41.5 Å². The van der Waals surface area contributed by atoms with Gasteiger partial charge in [-0.05, 0) is 41.8 Å². The number of hydrogen-bond donors (Lipinski definition) is 0. The molecule has 200 valence electrons. The van der Waals surface area contributed by atoms with Crippen LogP contribution in [0.5, 0.6) is 0 Å². The van der Waals surface area contributed by atoms with Crippen LogP contribution in [0.3, 0.4) is 0 Å². The van der Waals surface area contributed by atoms with Gasteiger partial charge in [0.1, 0.15) is 6.10 Å². The lowest BCUT2D eigenvalue weighted by atomic mass is 10.2. The molecule has 0 N–H and O–H groups in total. The first kappa shape index (κ1) is 31.5. The predicted octanol–water partition coefficient (Wildman–Crippen LogP) is 4.84. The van der Waals surface area contributed by atoms with Crippen LogP contribution >= 0.6 is 0 Å². The van der Waals surface area contributed by atoms with E-state index < -0.39 is 32.9 Å². The first-order valence-electron chi connectivity index (χ1n) is 11.6. The second-order valence-corrected chi connectivity index (χ2v) is 23.1. The molecule has 2 aliphatic rings. The Kier molecular flexibility index (Phi) is 10.8. The molecule has 0 radical (unpaired) electrons. The lowest BCUT2D eigenvalue weighted by Gasteiger charge is -2.39. The number of nitrogens with zero attached hydrogens (tertiary/aromatic N) is 3. The van der Waals surface area contributed by atoms with Crippen LogP contribution in [-0.4, -0.2) is 82.1 Å². The molecule has 0 spiro atoms. The highest BCUT2D eigenvalue weighted by molar-refractivity contribution is 7.86. The Morgan fingerprint density at radius 1 is 0.824 bits per heavy atom. The summed E-state index contributed by atoms with van der Waals surface area (Å²) in [7, 11) is -7.22. The van der Waals surface area contributed by atoms with E-state index in [0.29, 0.717) is 19.8 Å². The Hall–Kier alpha value is -0.506. The minimum absolute atomic E-state index is 0.0724. The fourth-order valence-electron chi connectivity index (χ4n) is 2.86. The lowest BCUT2D eigenvalue weighted by molar-refractivity contribution is 0.0855. The maximum Gasteiger partial charge on any atom is 0.264 e. The molecule has 2 aliphatic heterocycles. The van der Waals surface area contributed by atoms with E-state index in [0.717, 1.165) is 6.26 Å². The number of ether oxygens (including phenoxy) is 2. The summed E-state index contributed by atoms with van der Waals surface area (Å²) in [6, 6.07) is -0.167. The van der Waals surface area contributed by atoms with E-state index in [1.54, 1.807) is 0 Å². The predicted molar refractivity (Wildman–Crippen MR) is 138 cm³/mol. The SMILES string of the molecule is CC(C)(C)[Si](C)(C)O[C@H]1COC[C@@H]1OS(C)(=O)=O.CC(C)(C)[Si](C)(C)O[C@H]1COC[C@H]1N=[N+]=[N-]. The van der Waals surface area contributed by atoms with Crippen molar-refractivity contribution in [3.8, 4) is 0 Å². The van der Waals surface area contributed by atoms with Crippen molar-refractivity contribution in [1.29, 1.82) is 0 Å². The van der Waals surface area contributed by atoms with Crippen molar-refractivity contribution in [2.24, 2.45) is 5.11 Å². The van der Waals surface area contributed by atoms with Gasteiger partial charge in [-0.3, -0.25) is 4.18 Å². The average molecular weight is 540 g/mol. The largest absolute Gasteiger partial charge is 0.411 e. The molecule has 0 aliphatic carbocycles. The minimum atomic E-state index is -3.48. The van der Waals surface area contributed by atoms with E-state index in [4.69, 9.17) is 28.0 Å². The number of azide groups is 1. The quantitative estimate of drug-likeness (QED) is 0.149. The summed E-state index contributed by atoms with van der Waals surface area (Å²) >= 11 is 0. The van der Waals surface area contributed by atoms with Gasteiger partial charge >= 0.3 is 0 Å². The van der Waals surface area contributed by atoms with E-state index in [-0.39, 0.29) is 34.9 Å². The van der Waals surface area contributed by atoms with Gasteiger partial charge in [-0.2, -0.15) is 8.42 Å². The normalized spacial score (nSPS) is 26.6. The van der Waals surface area contributed by atoms with Gasteiger partial charge < -0.3 is 18.3 Å². The Labute approximate surface area is 208 Å². The molecule has 0 bridgehead atoms. The third kappa shape index (κ3) is 9.51. The highest BCUT2D eigenvalue weighted by atomic mass is 32.2. The van der Waals surface area contributed by atoms with Crippen LogP contribution in [0.25, 0.3) is 10.4 Å². The van der Waals surface area contributed by atoms with Crippen molar-refractivity contribution in [3.05, 3.63) is 10.4 Å². The summed E-state index contributed by atoms with van der Waals surface area (Å²) in [5.74, 6) is 0. The van der Waals surface area contributed by atoms with Crippen molar-refractivity contribution in [3.63, 3.8) is 0 Å². The molecule has 2 fully saturated rings. The van der Waals surface area contributed by atoms with Gasteiger partial charge in [0.25, 0.3) is 10.1 Å². The second-order valence-electron chi connectivity index (χ2n) is 12.0. The Balaban J connectivity index is 0.000000342. The monoisotopic (exact) mass is 539 g/mol. The Morgan fingerprint density at radius 3 is 1.68 bits per heavy atom. The molecule has 0 amide bonds. The van der Waals surface area contributed by atoms with E-state index in [1.807, 2.05) is 0 Å². The zero-order valence-corrected chi connectivity index (χ0v) is 25.6. The van der Waals surface area contributed by atoms with Crippen LogP contribution in [0.4, 0.5) is 0 Å². The van der Waals surface area contributed by atoms with E-state index >= 15 is 0 Å². The maximum atomic E-state index is 11.2. The van der Waals surface area contributed by atoms with Crippen LogP contribution < -0.4 is 0 Å². The molecule has 0 aromatic rings. The van der Waals surface area contributed by atoms with Gasteiger partial charge in [0.2, 0.25) is 0 Å². The summed E-state index contributed by atoms with van der Waals surface area (Å²) < 4.78 is 50.3. The summed E-state index contributed by atoms with van der Waals surface area (Å²) in [6.45, 7) is 23.3. The molecule has 4 atom stereocenters. The van der Waals surface area contributed by atoms with Gasteiger partial charge in [-0.1, -0.05) is 46.7 Å². The molecule has 10 nitrogen and oxygen atoms in total. The number of rotatable bonds is 7. The van der Waals surface area contributed by atoms with E-state index in [9.17, 15) is 8.42 Å². The average Bonchev–Trinajstić information content (AvgIpc) is 3.22. The van der Waals surface area contributed by atoms with Crippen LogP contribution in [0, 0.1) is 0 Å². The van der Waals surface area contributed by atoms with Crippen molar-refractivity contribution in [1.82, 2.24) is 0 Å². The molecule has 0 aromatic carbocycles. The summed E-state index contributed by atoms with van der Waals surface area (Å²) in [6.07, 6.45) is 0.167. The fraction of sp³-hybridized carbons (Fsp3) is 1.00. The molecule has 0 saturated carbocycles. The van der Waals surface area contributed by atoms with Crippen LogP contribution in [0.2, 0.25) is 36.3 Å². The fourth-order valence-corrected chi connectivity index (χ4v) is 6.15. The third-order valence-corrected chi connectivity index (χ3v) is 16.6. The second kappa shape index (κ2) is 11.7. The maximum absolute atomic E-state index is 11.2. The Bertz CT molecular complexity index is 819. The standard InChI is InChI=1S/C11H24O5SSi.C10H21N3O2Si/c1-11(2,3)18(5,6)16-10-8-14-7-9(10)15-17(4,12)13;1-10(2,3)16(4,5)15-9-7-14-6-8(9)12-13-11/h9-10H,7-8H2,1-6H3;8-9H,6-7H2,1-5H3/t9-,10-;8-,9+/m01/s1. The van der Waals surface area contributed by atoms with Gasteiger partial charge in [0.05, 0.1) is 50.9 Å². The van der Waals surface area contributed by atoms with Gasteiger partial charge in [0.15, 0.2) is 16.6 Å². The highest BCUT2D eigenvalue weighted by Gasteiger charge is 2.44. The molecule has 0 aromatic heterocycles. The molecular weight excluding hydrogens is 494 g/mol. The van der Waals surface area contributed by atoms with Gasteiger partial charge in [-0.25, -0.2) is 0 Å². The molecule has 2 rings (SSSR count). The van der Waals surface area contributed by atoms with Gasteiger partial charge in [0, 0.05) is 4.91 Å². The molecule has 2 saturated heterocycles. The smallest absolute Gasteiger partial charge is 0.264 e. The van der Waals surface area contributed by atoms with Crippen molar-refractivity contribution >= 4 is 26.8 Å². The van der Waals surface area contributed by atoms with Gasteiger partial charge in [-0.15, -0.1) is 0 Å². The van der Waals surface area contributed by atoms with Crippen molar-refractivity contribution in [2.75, 3.05) is 32.7 Å². The molecule has 2 heterocycles. The third-order valence-electron chi connectivity index (χ3n) is 6.98. The van der Waals surface area contributed by atoms with E-state index in [1.165, 1.54) is 0 Å². The van der Waals surface area contributed by atoms with Crippen molar-refractivity contribution < 1.29 is 30.9 Å². The first-order valence-corrected chi connectivity index (χ1v) is 19.3. The zero-order valence-electron chi connectivity index (χ0n) is 22.7. The summed E-state index contributed by atoms with van der Waals surface area (Å²) in [4.78, 5) is 2.84. The van der Waals surface area contributed by atoms with E-state index in [2.05, 4.69) is 77.8 Å². The first-order chi connectivity index (χ1) is 15.2. The molecular formula is C21H45N3O7SSi2. The lowest BCUT2D eigenvalue weighted by Crippen LogP contribution is -2.47. The summed E-state index contributed by atoms with van der Waals surface area (Å²) in [5.41, 5.74) is 8.46. The Morgan fingerprint density at radius 2 is 1.24 bits per heavy atom. The van der Waals surface area contributed by atoms with Crippen LogP contribution in [0.15, 0.2) is 5.11 Å². The highest BCUT2D eigenvalue weighted by Crippen LogP contribution is 2.39. The molecule has 34 heavy (non-hydrogen) atoms. The number of hydrogen-bond acceptors (Lipinski definition) is 8. The van der Waals surface area contributed by atoms with Crippen molar-refractivity contribution in [2.45, 2.75) is 102 Å².